The monoisotopic (exact) mass is 238 g/mol. The molecule has 0 heterocycles. The van der Waals surface area contributed by atoms with E-state index in [0.29, 0.717) is 12.5 Å². The summed E-state index contributed by atoms with van der Waals surface area (Å²) in [5.41, 5.74) is 0.211. The van der Waals surface area contributed by atoms with Crippen LogP contribution in [0, 0.1) is 16.7 Å². The largest absolute Gasteiger partial charge is 0.377 e. The molecule has 0 aliphatic heterocycles. The number of hydrogen-bond donors (Lipinski definition) is 1. The van der Waals surface area contributed by atoms with Gasteiger partial charge in [-0.2, -0.15) is 5.26 Å². The maximum absolute atomic E-state index is 8.57. The Morgan fingerprint density at radius 3 is 2.71 bits per heavy atom. The summed E-state index contributed by atoms with van der Waals surface area (Å²) in [6.07, 6.45) is 7.27. The first kappa shape index (κ1) is 14.5. The van der Waals surface area contributed by atoms with Crippen LogP contribution in [0.1, 0.15) is 52.4 Å². The van der Waals surface area contributed by atoms with Crippen LogP contribution >= 0.6 is 0 Å². The zero-order chi connectivity index (χ0) is 12.6. The minimum Gasteiger partial charge on any atom is -0.377 e. The lowest BCUT2D eigenvalue weighted by Gasteiger charge is -2.24. The lowest BCUT2D eigenvalue weighted by atomic mass is 9.88. The van der Waals surface area contributed by atoms with Gasteiger partial charge >= 0.3 is 0 Å². The van der Waals surface area contributed by atoms with Crippen molar-refractivity contribution in [1.82, 2.24) is 5.32 Å². The number of hydrogen-bond acceptors (Lipinski definition) is 3. The van der Waals surface area contributed by atoms with Gasteiger partial charge in [0.1, 0.15) is 0 Å². The van der Waals surface area contributed by atoms with Gasteiger partial charge in [0.05, 0.1) is 18.8 Å². The van der Waals surface area contributed by atoms with Crippen molar-refractivity contribution in [3.63, 3.8) is 0 Å². The molecule has 98 valence electrons. The van der Waals surface area contributed by atoms with Crippen LogP contribution in [0.25, 0.3) is 0 Å². The second kappa shape index (κ2) is 7.68. The van der Waals surface area contributed by atoms with E-state index in [0.717, 1.165) is 26.1 Å². The Balaban J connectivity index is 1.97. The number of ether oxygens (including phenoxy) is 1. The molecule has 17 heavy (non-hydrogen) atoms. The Morgan fingerprint density at radius 2 is 2.06 bits per heavy atom. The van der Waals surface area contributed by atoms with Crippen LogP contribution in [0.2, 0.25) is 0 Å². The smallest absolute Gasteiger partial charge is 0.0621 e. The molecular weight excluding hydrogens is 212 g/mol. The van der Waals surface area contributed by atoms with Crippen LogP contribution in [0.4, 0.5) is 0 Å². The second-order valence-corrected chi connectivity index (χ2v) is 5.78. The summed E-state index contributed by atoms with van der Waals surface area (Å²) >= 11 is 0. The Morgan fingerprint density at radius 1 is 1.35 bits per heavy atom. The standard InChI is InChI=1S/C14H26N2O/c1-14(2,8-5-9-15)12-16-10-11-17-13-6-3-4-7-13/h13,16H,3-8,10-12H2,1-2H3. The molecule has 1 aliphatic carbocycles. The first-order valence-electron chi connectivity index (χ1n) is 6.83. The van der Waals surface area contributed by atoms with Crippen molar-refractivity contribution in [1.29, 1.82) is 5.26 Å². The number of nitrogens with zero attached hydrogens (tertiary/aromatic N) is 1. The van der Waals surface area contributed by atoms with Crippen LogP contribution < -0.4 is 5.32 Å². The summed E-state index contributed by atoms with van der Waals surface area (Å²) in [7, 11) is 0. The van der Waals surface area contributed by atoms with Crippen LogP contribution in [0.3, 0.4) is 0 Å². The van der Waals surface area contributed by atoms with E-state index < -0.39 is 0 Å². The van der Waals surface area contributed by atoms with E-state index in [1.807, 2.05) is 0 Å². The zero-order valence-electron chi connectivity index (χ0n) is 11.3. The fraction of sp³-hybridized carbons (Fsp3) is 0.929. The first-order valence-corrected chi connectivity index (χ1v) is 6.83. The minimum absolute atomic E-state index is 0.211. The van der Waals surface area contributed by atoms with Crippen molar-refractivity contribution in [2.45, 2.75) is 58.5 Å². The van der Waals surface area contributed by atoms with Gasteiger partial charge in [-0.05, 0) is 24.7 Å². The lowest BCUT2D eigenvalue weighted by molar-refractivity contribution is 0.0592. The quantitative estimate of drug-likeness (QED) is 0.661. The van der Waals surface area contributed by atoms with Gasteiger partial charge in [0.2, 0.25) is 0 Å². The van der Waals surface area contributed by atoms with Crippen molar-refractivity contribution >= 4 is 0 Å². The molecule has 0 radical (unpaired) electrons. The van der Waals surface area contributed by atoms with Crippen molar-refractivity contribution in [3.05, 3.63) is 0 Å². The SMILES string of the molecule is CC(C)(CCC#N)CNCCOC1CCCC1. The van der Waals surface area contributed by atoms with Crippen LogP contribution in [0.15, 0.2) is 0 Å². The van der Waals surface area contributed by atoms with Gasteiger partial charge in [-0.3, -0.25) is 0 Å². The Bertz CT molecular complexity index is 239. The molecule has 0 aromatic carbocycles. The first-order chi connectivity index (χ1) is 8.14. The maximum Gasteiger partial charge on any atom is 0.0621 e. The van der Waals surface area contributed by atoms with Crippen molar-refractivity contribution < 1.29 is 4.74 Å². The van der Waals surface area contributed by atoms with Crippen LogP contribution in [-0.2, 0) is 4.74 Å². The summed E-state index contributed by atoms with van der Waals surface area (Å²) in [4.78, 5) is 0. The average molecular weight is 238 g/mol. The molecule has 3 heteroatoms. The van der Waals surface area contributed by atoms with Crippen LogP contribution in [-0.4, -0.2) is 25.8 Å². The molecular formula is C14H26N2O. The molecule has 1 aliphatic rings. The van der Waals surface area contributed by atoms with Gasteiger partial charge in [-0.1, -0.05) is 26.7 Å². The molecule has 0 bridgehead atoms. The van der Waals surface area contributed by atoms with Crippen molar-refractivity contribution in [2.75, 3.05) is 19.7 Å². The Kier molecular flexibility index (Phi) is 6.54. The third kappa shape index (κ3) is 6.65. The highest BCUT2D eigenvalue weighted by molar-refractivity contribution is 4.78. The third-order valence-corrected chi connectivity index (χ3v) is 3.45. The van der Waals surface area contributed by atoms with Gasteiger partial charge in [-0.15, -0.1) is 0 Å². The normalized spacial score (nSPS) is 17.2. The molecule has 0 atom stereocenters. The molecule has 0 aromatic rings. The highest BCUT2D eigenvalue weighted by atomic mass is 16.5. The number of rotatable bonds is 8. The van der Waals surface area contributed by atoms with E-state index in [4.69, 9.17) is 10.00 Å². The summed E-state index contributed by atoms with van der Waals surface area (Å²) in [5, 5.41) is 12.0. The zero-order valence-corrected chi connectivity index (χ0v) is 11.3. The molecule has 1 rings (SSSR count). The molecule has 1 N–H and O–H groups in total. The molecule has 0 amide bonds. The fourth-order valence-corrected chi connectivity index (χ4v) is 2.26. The van der Waals surface area contributed by atoms with Gasteiger partial charge in [0.15, 0.2) is 0 Å². The molecule has 0 unspecified atom stereocenters. The summed E-state index contributed by atoms with van der Waals surface area (Å²) in [5.74, 6) is 0. The highest BCUT2D eigenvalue weighted by Crippen LogP contribution is 2.21. The van der Waals surface area contributed by atoms with Gasteiger partial charge in [0, 0.05) is 19.5 Å². The minimum atomic E-state index is 0.211. The predicted molar refractivity (Wildman–Crippen MR) is 69.7 cm³/mol. The molecule has 1 fully saturated rings. The lowest BCUT2D eigenvalue weighted by Crippen LogP contribution is -2.32. The number of nitrogens with one attached hydrogen (secondary N) is 1. The number of nitriles is 1. The van der Waals surface area contributed by atoms with E-state index in [1.54, 1.807) is 0 Å². The van der Waals surface area contributed by atoms with Gasteiger partial charge < -0.3 is 10.1 Å². The second-order valence-electron chi connectivity index (χ2n) is 5.78. The predicted octanol–water partition coefficient (Wildman–Crippen LogP) is 2.87. The summed E-state index contributed by atoms with van der Waals surface area (Å²) in [6.45, 7) is 7.11. The molecule has 0 spiro atoms. The summed E-state index contributed by atoms with van der Waals surface area (Å²) < 4.78 is 5.78. The third-order valence-electron chi connectivity index (χ3n) is 3.45. The Labute approximate surface area is 106 Å². The highest BCUT2D eigenvalue weighted by Gasteiger charge is 2.17. The van der Waals surface area contributed by atoms with E-state index in [1.165, 1.54) is 25.7 Å². The topological polar surface area (TPSA) is 45.0 Å². The van der Waals surface area contributed by atoms with E-state index in [2.05, 4.69) is 25.2 Å². The van der Waals surface area contributed by atoms with E-state index in [-0.39, 0.29) is 5.41 Å². The van der Waals surface area contributed by atoms with Crippen molar-refractivity contribution in [3.8, 4) is 6.07 Å². The maximum atomic E-state index is 8.57. The average Bonchev–Trinajstić information content (AvgIpc) is 2.79. The Hall–Kier alpha value is -0.590. The van der Waals surface area contributed by atoms with Gasteiger partial charge in [0.25, 0.3) is 0 Å². The molecule has 3 nitrogen and oxygen atoms in total. The van der Waals surface area contributed by atoms with Gasteiger partial charge in [-0.25, -0.2) is 0 Å². The summed E-state index contributed by atoms with van der Waals surface area (Å²) in [6, 6.07) is 2.21. The van der Waals surface area contributed by atoms with E-state index in [9.17, 15) is 0 Å². The van der Waals surface area contributed by atoms with Crippen LogP contribution in [0.5, 0.6) is 0 Å². The molecule has 0 aromatic heterocycles. The van der Waals surface area contributed by atoms with Crippen molar-refractivity contribution in [2.24, 2.45) is 5.41 Å². The fourth-order valence-electron chi connectivity index (χ4n) is 2.26. The molecule has 0 saturated heterocycles. The molecule has 1 saturated carbocycles. The van der Waals surface area contributed by atoms with E-state index >= 15 is 0 Å².